The minimum atomic E-state index is -0.139. The summed E-state index contributed by atoms with van der Waals surface area (Å²) in [6.07, 6.45) is 2.86. The van der Waals surface area contributed by atoms with Crippen LogP contribution in [0.2, 0.25) is 0 Å². The highest BCUT2D eigenvalue weighted by Gasteiger charge is 2.46. The molecular weight excluding hydrogens is 290 g/mol. The minimum Gasteiger partial charge on any atom is -0.343 e. The molecule has 3 rings (SSSR count). The Bertz CT molecular complexity index is 633. The highest BCUT2D eigenvalue weighted by atomic mass is 16.2. The number of aryl methyl sites for hydroxylation is 1. The molecule has 2 N–H and O–H groups in total. The van der Waals surface area contributed by atoms with Gasteiger partial charge in [0, 0.05) is 32.5 Å². The van der Waals surface area contributed by atoms with Crippen molar-refractivity contribution in [2.75, 3.05) is 20.1 Å². The van der Waals surface area contributed by atoms with Gasteiger partial charge in [0.15, 0.2) is 0 Å². The summed E-state index contributed by atoms with van der Waals surface area (Å²) in [5.41, 5.74) is 3.93. The zero-order valence-electron chi connectivity index (χ0n) is 14.1. The van der Waals surface area contributed by atoms with Gasteiger partial charge in [-0.15, -0.1) is 0 Å². The topological polar surface area (TPSA) is 61.4 Å². The zero-order valence-corrected chi connectivity index (χ0v) is 14.1. The van der Waals surface area contributed by atoms with Crippen molar-refractivity contribution in [1.82, 2.24) is 15.5 Å². The fraction of sp³-hybridized carbons (Fsp3) is 0.556. The largest absolute Gasteiger partial charge is 0.343 e. The number of benzene rings is 1. The molecule has 1 atom stereocenters. The molecule has 1 spiro atoms. The molecule has 5 heteroatoms. The van der Waals surface area contributed by atoms with Crippen LogP contribution in [-0.2, 0) is 10.2 Å². The summed E-state index contributed by atoms with van der Waals surface area (Å²) in [6.45, 7) is 5.35. The zero-order chi connectivity index (χ0) is 16.6. The van der Waals surface area contributed by atoms with Crippen molar-refractivity contribution in [2.45, 2.75) is 44.6 Å². The van der Waals surface area contributed by atoms with Gasteiger partial charge in [-0.3, -0.25) is 4.79 Å². The van der Waals surface area contributed by atoms with Crippen LogP contribution in [0.4, 0.5) is 4.79 Å². The molecule has 5 nitrogen and oxygen atoms in total. The summed E-state index contributed by atoms with van der Waals surface area (Å²) in [4.78, 5) is 25.3. The molecule has 1 fully saturated rings. The number of hydrogen-bond donors (Lipinski definition) is 2. The fourth-order valence-corrected chi connectivity index (χ4v) is 4.13. The van der Waals surface area contributed by atoms with Gasteiger partial charge in [0.25, 0.3) is 0 Å². The first-order valence-corrected chi connectivity index (χ1v) is 8.30. The second-order valence-corrected chi connectivity index (χ2v) is 6.86. The summed E-state index contributed by atoms with van der Waals surface area (Å²) in [5, 5.41) is 5.72. The molecule has 0 saturated carbocycles. The van der Waals surface area contributed by atoms with Gasteiger partial charge < -0.3 is 15.5 Å². The van der Waals surface area contributed by atoms with Crippen LogP contribution >= 0.6 is 0 Å². The SMILES string of the molecule is CNC(=O)N[C@H]1CC2(CCN(C(C)=O)CC2)c2cc(C)ccc21. The number of urea groups is 1. The number of likely N-dealkylation sites (tertiary alicyclic amines) is 1. The van der Waals surface area contributed by atoms with Crippen LogP contribution in [0.3, 0.4) is 0 Å². The summed E-state index contributed by atoms with van der Waals surface area (Å²) in [5.74, 6) is 0.155. The Labute approximate surface area is 137 Å². The highest BCUT2D eigenvalue weighted by molar-refractivity contribution is 5.75. The van der Waals surface area contributed by atoms with Crippen LogP contribution in [-0.4, -0.2) is 37.0 Å². The third-order valence-electron chi connectivity index (χ3n) is 5.45. The fourth-order valence-electron chi connectivity index (χ4n) is 4.13. The number of nitrogens with zero attached hydrogens (tertiary/aromatic N) is 1. The van der Waals surface area contributed by atoms with Crippen molar-refractivity contribution in [3.63, 3.8) is 0 Å². The predicted octanol–water partition coefficient (Wildman–Crippen LogP) is 2.25. The third kappa shape index (κ3) is 2.80. The summed E-state index contributed by atoms with van der Waals surface area (Å²) in [7, 11) is 1.64. The number of fused-ring (bicyclic) bond motifs is 2. The number of carbonyl (C=O) groups excluding carboxylic acids is 2. The molecule has 1 aromatic carbocycles. The van der Waals surface area contributed by atoms with Crippen molar-refractivity contribution in [1.29, 1.82) is 0 Å². The van der Waals surface area contributed by atoms with Crippen LogP contribution < -0.4 is 10.6 Å². The smallest absolute Gasteiger partial charge is 0.315 e. The standard InChI is InChI=1S/C18H25N3O2/c1-12-4-5-14-15(10-12)18(11-16(14)20-17(23)19-3)6-8-21(9-7-18)13(2)22/h4-5,10,16H,6-9,11H2,1-3H3,(H2,19,20,23)/t16-/m0/s1. The first-order chi connectivity index (χ1) is 10.9. The Morgan fingerprint density at radius 3 is 2.57 bits per heavy atom. The van der Waals surface area contributed by atoms with Crippen molar-refractivity contribution in [2.24, 2.45) is 0 Å². The Balaban J connectivity index is 1.90. The van der Waals surface area contributed by atoms with Gasteiger partial charge in [0.1, 0.15) is 0 Å². The van der Waals surface area contributed by atoms with E-state index in [1.807, 2.05) is 4.90 Å². The average molecular weight is 315 g/mol. The van der Waals surface area contributed by atoms with Crippen LogP contribution in [0.5, 0.6) is 0 Å². The van der Waals surface area contributed by atoms with Gasteiger partial charge >= 0.3 is 6.03 Å². The molecule has 0 unspecified atom stereocenters. The molecule has 1 heterocycles. The van der Waals surface area contributed by atoms with Crippen molar-refractivity contribution in [3.05, 3.63) is 34.9 Å². The normalized spacial score (nSPS) is 21.9. The molecule has 0 aromatic heterocycles. The van der Waals surface area contributed by atoms with E-state index in [2.05, 4.69) is 35.8 Å². The molecule has 0 radical (unpaired) electrons. The Hall–Kier alpha value is -2.04. The summed E-state index contributed by atoms with van der Waals surface area (Å²) < 4.78 is 0. The molecule has 1 saturated heterocycles. The van der Waals surface area contributed by atoms with E-state index in [-0.39, 0.29) is 23.4 Å². The molecular formula is C18H25N3O2. The van der Waals surface area contributed by atoms with Gasteiger partial charge in [-0.2, -0.15) is 0 Å². The third-order valence-corrected chi connectivity index (χ3v) is 5.45. The lowest BCUT2D eigenvalue weighted by atomic mass is 9.73. The van der Waals surface area contributed by atoms with Crippen molar-refractivity contribution < 1.29 is 9.59 Å². The predicted molar refractivity (Wildman–Crippen MR) is 89.3 cm³/mol. The van der Waals surface area contributed by atoms with E-state index in [1.54, 1.807) is 14.0 Å². The van der Waals surface area contributed by atoms with E-state index in [4.69, 9.17) is 0 Å². The molecule has 3 amide bonds. The minimum absolute atomic E-state index is 0.0504. The van der Waals surface area contributed by atoms with E-state index < -0.39 is 0 Å². The first kappa shape index (κ1) is 15.8. The number of hydrogen-bond acceptors (Lipinski definition) is 2. The lowest BCUT2D eigenvalue weighted by molar-refractivity contribution is -0.130. The summed E-state index contributed by atoms with van der Waals surface area (Å²) >= 11 is 0. The van der Waals surface area contributed by atoms with Crippen LogP contribution in [0, 0.1) is 6.92 Å². The van der Waals surface area contributed by atoms with E-state index in [1.165, 1.54) is 16.7 Å². The number of carbonyl (C=O) groups is 2. The van der Waals surface area contributed by atoms with Gasteiger partial charge in [-0.05, 0) is 37.3 Å². The van der Waals surface area contributed by atoms with E-state index in [0.29, 0.717) is 0 Å². The van der Waals surface area contributed by atoms with Gasteiger partial charge in [0.2, 0.25) is 5.91 Å². The molecule has 1 aliphatic heterocycles. The number of piperidine rings is 1. The Morgan fingerprint density at radius 2 is 1.96 bits per heavy atom. The maximum Gasteiger partial charge on any atom is 0.315 e. The van der Waals surface area contributed by atoms with Crippen molar-refractivity contribution >= 4 is 11.9 Å². The molecule has 0 bridgehead atoms. The van der Waals surface area contributed by atoms with Gasteiger partial charge in [0.05, 0.1) is 6.04 Å². The number of amides is 3. The van der Waals surface area contributed by atoms with E-state index in [0.717, 1.165) is 32.4 Å². The molecule has 1 aromatic rings. The number of rotatable bonds is 1. The highest BCUT2D eigenvalue weighted by Crippen LogP contribution is 2.51. The maximum absolute atomic E-state index is 11.8. The van der Waals surface area contributed by atoms with E-state index >= 15 is 0 Å². The molecule has 23 heavy (non-hydrogen) atoms. The summed E-state index contributed by atoms with van der Waals surface area (Å²) in [6, 6.07) is 6.44. The maximum atomic E-state index is 11.8. The second kappa shape index (κ2) is 5.87. The van der Waals surface area contributed by atoms with E-state index in [9.17, 15) is 9.59 Å². The molecule has 124 valence electrons. The molecule has 1 aliphatic carbocycles. The number of nitrogens with one attached hydrogen (secondary N) is 2. The van der Waals surface area contributed by atoms with Crippen LogP contribution in [0.25, 0.3) is 0 Å². The van der Waals surface area contributed by atoms with Gasteiger partial charge in [-0.1, -0.05) is 23.8 Å². The van der Waals surface area contributed by atoms with Crippen LogP contribution in [0.15, 0.2) is 18.2 Å². The lowest BCUT2D eigenvalue weighted by Crippen LogP contribution is -2.44. The van der Waals surface area contributed by atoms with Crippen LogP contribution in [0.1, 0.15) is 48.9 Å². The first-order valence-electron chi connectivity index (χ1n) is 8.30. The lowest BCUT2D eigenvalue weighted by Gasteiger charge is -2.40. The second-order valence-electron chi connectivity index (χ2n) is 6.86. The Morgan fingerprint density at radius 1 is 1.26 bits per heavy atom. The molecule has 2 aliphatic rings. The van der Waals surface area contributed by atoms with Crippen molar-refractivity contribution in [3.8, 4) is 0 Å². The van der Waals surface area contributed by atoms with Gasteiger partial charge in [-0.25, -0.2) is 4.79 Å². The monoisotopic (exact) mass is 315 g/mol. The quantitative estimate of drug-likeness (QED) is 0.835. The Kier molecular flexibility index (Phi) is 4.04. The average Bonchev–Trinajstić information content (AvgIpc) is 2.81.